The Kier molecular flexibility index (Phi) is 7.65. The molecule has 0 fully saturated rings. The second kappa shape index (κ2) is 10.2. The summed E-state index contributed by atoms with van der Waals surface area (Å²) in [6.45, 7) is 0.322. The third-order valence-electron chi connectivity index (χ3n) is 3.48. The van der Waals surface area contributed by atoms with Crippen molar-refractivity contribution in [2.24, 2.45) is 0 Å². The summed E-state index contributed by atoms with van der Waals surface area (Å²) < 4.78 is 12.8. The van der Waals surface area contributed by atoms with Crippen LogP contribution in [0.15, 0.2) is 48.5 Å². The molecule has 0 aliphatic carbocycles. The van der Waals surface area contributed by atoms with Gasteiger partial charge in [0.1, 0.15) is 5.82 Å². The van der Waals surface area contributed by atoms with Crippen molar-refractivity contribution in [2.45, 2.75) is 5.75 Å². The van der Waals surface area contributed by atoms with E-state index in [9.17, 15) is 14.0 Å². The van der Waals surface area contributed by atoms with Crippen LogP contribution >= 0.6 is 11.8 Å². The number of hydrogen-bond acceptors (Lipinski definition) is 4. The molecule has 2 aromatic carbocycles. The van der Waals surface area contributed by atoms with Gasteiger partial charge in [0.25, 0.3) is 5.91 Å². The number of nitriles is 1. The van der Waals surface area contributed by atoms with Gasteiger partial charge < -0.3 is 10.6 Å². The highest BCUT2D eigenvalue weighted by atomic mass is 32.2. The number of amides is 2. The highest BCUT2D eigenvalue weighted by Gasteiger charge is 2.08. The number of nitrogens with one attached hydrogen (secondary N) is 2. The van der Waals surface area contributed by atoms with E-state index in [1.54, 1.807) is 17.8 Å². The fraction of sp³-hybridized carbons (Fsp3) is 0.211. The molecule has 2 N–H and O–H groups in total. The van der Waals surface area contributed by atoms with Gasteiger partial charge in [-0.3, -0.25) is 9.59 Å². The fourth-order valence-corrected chi connectivity index (χ4v) is 2.99. The topological polar surface area (TPSA) is 82.0 Å². The highest BCUT2D eigenvalue weighted by Crippen LogP contribution is 2.15. The van der Waals surface area contributed by atoms with E-state index < -0.39 is 11.7 Å². The Hall–Kier alpha value is -2.85. The first kappa shape index (κ1) is 19.5. The first-order valence-electron chi connectivity index (χ1n) is 7.96. The molecule has 0 aliphatic heterocycles. The Morgan fingerprint density at radius 2 is 1.81 bits per heavy atom. The van der Waals surface area contributed by atoms with Crippen LogP contribution in [0.1, 0.15) is 21.5 Å². The normalized spacial score (nSPS) is 10.0. The molecule has 0 aliphatic rings. The van der Waals surface area contributed by atoms with Crippen molar-refractivity contribution < 1.29 is 14.0 Å². The van der Waals surface area contributed by atoms with E-state index in [-0.39, 0.29) is 12.5 Å². The van der Waals surface area contributed by atoms with Crippen molar-refractivity contribution in [3.8, 4) is 6.07 Å². The Balaban J connectivity index is 1.62. The van der Waals surface area contributed by atoms with Crippen LogP contribution in [0, 0.1) is 17.1 Å². The molecule has 0 heterocycles. The zero-order valence-electron chi connectivity index (χ0n) is 14.0. The zero-order chi connectivity index (χ0) is 18.8. The monoisotopic (exact) mass is 371 g/mol. The molecule has 0 unspecified atom stereocenters. The molecule has 0 bridgehead atoms. The Bertz CT molecular complexity index is 803. The van der Waals surface area contributed by atoms with E-state index >= 15 is 0 Å². The smallest absolute Gasteiger partial charge is 0.251 e. The Morgan fingerprint density at radius 1 is 1.08 bits per heavy atom. The van der Waals surface area contributed by atoms with Crippen LogP contribution in [-0.2, 0) is 10.5 Å². The van der Waals surface area contributed by atoms with Crippen LogP contribution in [0.3, 0.4) is 0 Å². The summed E-state index contributed by atoms with van der Waals surface area (Å²) in [6, 6.07) is 14.7. The van der Waals surface area contributed by atoms with Crippen LogP contribution in [0.2, 0.25) is 0 Å². The fourth-order valence-electron chi connectivity index (χ4n) is 2.13. The maximum Gasteiger partial charge on any atom is 0.251 e. The predicted octanol–water partition coefficient (Wildman–Crippen LogP) is 2.48. The van der Waals surface area contributed by atoms with Gasteiger partial charge in [-0.2, -0.15) is 17.0 Å². The number of halogens is 1. The standard InChI is InChI=1S/C19H18FN3O2S/c20-17-7-5-14(6-8-17)19(25)23-12-18(24)22-9-10-26-13-16-4-2-1-3-15(16)11-21/h1-8H,9-10,12-13H2,(H,22,24)(H,23,25). The summed E-state index contributed by atoms with van der Waals surface area (Å²) in [6.07, 6.45) is 0. The quantitative estimate of drug-likeness (QED) is 0.699. The first-order chi connectivity index (χ1) is 12.6. The van der Waals surface area contributed by atoms with E-state index in [4.69, 9.17) is 5.26 Å². The second-order valence-corrected chi connectivity index (χ2v) is 6.47. The summed E-state index contributed by atoms with van der Waals surface area (Å²) in [5, 5.41) is 14.2. The second-order valence-electron chi connectivity index (χ2n) is 5.36. The molecule has 0 saturated heterocycles. The first-order valence-corrected chi connectivity index (χ1v) is 9.12. The van der Waals surface area contributed by atoms with Gasteiger partial charge in [-0.05, 0) is 35.9 Å². The molecule has 7 heteroatoms. The summed E-state index contributed by atoms with van der Waals surface area (Å²) in [4.78, 5) is 23.5. The lowest BCUT2D eigenvalue weighted by molar-refractivity contribution is -0.120. The molecule has 2 amide bonds. The van der Waals surface area contributed by atoms with Crippen molar-refractivity contribution in [1.29, 1.82) is 5.26 Å². The largest absolute Gasteiger partial charge is 0.354 e. The molecule has 26 heavy (non-hydrogen) atoms. The predicted molar refractivity (Wildman–Crippen MR) is 99.1 cm³/mol. The van der Waals surface area contributed by atoms with E-state index in [1.807, 2.05) is 18.2 Å². The summed E-state index contributed by atoms with van der Waals surface area (Å²) >= 11 is 1.61. The molecule has 0 radical (unpaired) electrons. The van der Waals surface area contributed by atoms with Crippen molar-refractivity contribution in [3.05, 3.63) is 71.0 Å². The van der Waals surface area contributed by atoms with E-state index in [1.165, 1.54) is 24.3 Å². The molecular weight excluding hydrogens is 353 g/mol. The van der Waals surface area contributed by atoms with Gasteiger partial charge in [0.2, 0.25) is 5.91 Å². The highest BCUT2D eigenvalue weighted by molar-refractivity contribution is 7.98. The number of benzene rings is 2. The molecule has 0 saturated carbocycles. The van der Waals surface area contributed by atoms with E-state index in [2.05, 4.69) is 16.7 Å². The molecule has 0 spiro atoms. The van der Waals surface area contributed by atoms with Crippen LogP contribution in [0.4, 0.5) is 4.39 Å². The summed E-state index contributed by atoms with van der Waals surface area (Å²) in [7, 11) is 0. The lowest BCUT2D eigenvalue weighted by Crippen LogP contribution is -2.37. The van der Waals surface area contributed by atoms with Gasteiger partial charge in [0.05, 0.1) is 18.2 Å². The van der Waals surface area contributed by atoms with Gasteiger partial charge in [-0.15, -0.1) is 0 Å². The van der Waals surface area contributed by atoms with Crippen LogP contribution in [-0.4, -0.2) is 30.7 Å². The molecule has 2 rings (SSSR count). The SMILES string of the molecule is N#Cc1ccccc1CSCCNC(=O)CNC(=O)c1ccc(F)cc1. The molecule has 5 nitrogen and oxygen atoms in total. The zero-order valence-corrected chi connectivity index (χ0v) is 14.8. The number of thioether (sulfide) groups is 1. The van der Waals surface area contributed by atoms with Gasteiger partial charge in [-0.1, -0.05) is 18.2 Å². The number of nitrogens with zero attached hydrogens (tertiary/aromatic N) is 1. The minimum atomic E-state index is -0.428. The van der Waals surface area contributed by atoms with Gasteiger partial charge in [0, 0.05) is 23.6 Å². The van der Waals surface area contributed by atoms with Gasteiger partial charge >= 0.3 is 0 Å². The van der Waals surface area contributed by atoms with Crippen molar-refractivity contribution >= 4 is 23.6 Å². The minimum Gasteiger partial charge on any atom is -0.354 e. The van der Waals surface area contributed by atoms with Crippen molar-refractivity contribution in [3.63, 3.8) is 0 Å². The Labute approximate surface area is 155 Å². The number of hydrogen-bond donors (Lipinski definition) is 2. The summed E-state index contributed by atoms with van der Waals surface area (Å²) in [5.41, 5.74) is 1.93. The average molecular weight is 371 g/mol. The maximum absolute atomic E-state index is 12.8. The number of carbonyl (C=O) groups is 2. The van der Waals surface area contributed by atoms with Crippen molar-refractivity contribution in [2.75, 3.05) is 18.8 Å². The molecular formula is C19H18FN3O2S. The van der Waals surface area contributed by atoms with Crippen LogP contribution in [0.5, 0.6) is 0 Å². The lowest BCUT2D eigenvalue weighted by Gasteiger charge is -2.07. The minimum absolute atomic E-state index is 0.141. The van der Waals surface area contributed by atoms with Gasteiger partial charge in [-0.25, -0.2) is 4.39 Å². The lowest BCUT2D eigenvalue weighted by atomic mass is 10.1. The van der Waals surface area contributed by atoms with Crippen molar-refractivity contribution in [1.82, 2.24) is 10.6 Å². The molecule has 134 valence electrons. The van der Waals surface area contributed by atoms with Crippen LogP contribution < -0.4 is 10.6 Å². The average Bonchev–Trinajstić information content (AvgIpc) is 2.66. The maximum atomic E-state index is 12.8. The molecule has 0 aromatic heterocycles. The van der Waals surface area contributed by atoms with Gasteiger partial charge in [0.15, 0.2) is 0 Å². The van der Waals surface area contributed by atoms with Crippen LogP contribution in [0.25, 0.3) is 0 Å². The third kappa shape index (κ3) is 6.22. The third-order valence-corrected chi connectivity index (χ3v) is 4.49. The number of rotatable bonds is 8. The summed E-state index contributed by atoms with van der Waals surface area (Å²) in [5.74, 6) is 0.244. The van der Waals surface area contributed by atoms with E-state index in [0.717, 1.165) is 5.56 Å². The molecule has 2 aromatic rings. The van der Waals surface area contributed by atoms with E-state index in [0.29, 0.717) is 29.2 Å². The molecule has 0 atom stereocenters. The Morgan fingerprint density at radius 3 is 2.54 bits per heavy atom. The number of carbonyl (C=O) groups excluding carboxylic acids is 2.